The molecule has 11 heteroatoms. The molecule has 1 aliphatic carbocycles. The summed E-state index contributed by atoms with van der Waals surface area (Å²) in [5.74, 6) is 1.17. The molecule has 8 nitrogen and oxygen atoms in total. The van der Waals surface area contributed by atoms with Crippen LogP contribution in [0.1, 0.15) is 37.7 Å². The molecule has 0 radical (unpaired) electrons. The molecule has 1 aromatic heterocycles. The zero-order valence-corrected chi connectivity index (χ0v) is 26.5. The minimum absolute atomic E-state index is 0.00497. The highest BCUT2D eigenvalue weighted by atomic mass is 35.5. The normalized spacial score (nSPS) is 26.0. The Labute approximate surface area is 276 Å². The smallest absolute Gasteiger partial charge is 0.319 e. The number of phenolic OH excluding ortho intramolecular Hbond substituents is 1. The average Bonchev–Trinajstić information content (AvgIpc) is 3.32. The van der Waals surface area contributed by atoms with Crippen LogP contribution in [0, 0.1) is 29.4 Å². The number of fused-ring (bicyclic) bond motifs is 6. The lowest BCUT2D eigenvalue weighted by molar-refractivity contribution is 0.0176. The SMILES string of the molecule is C#Cc1c(Cl)ccc2cc(O)cc(-c3c(F)cc4c(N5CC6CCC(C5)N6)nc(OCC5(CN6C[C@H]7C[C@@H]6CO7)CC5)nc4c3F)c12. The molecule has 3 aromatic carbocycles. The average molecular weight is 658 g/mol. The first-order chi connectivity index (χ1) is 22.8. The van der Waals surface area contributed by atoms with E-state index in [1.807, 2.05) is 0 Å². The van der Waals surface area contributed by atoms with Crippen molar-refractivity contribution in [2.75, 3.05) is 44.3 Å². The molecule has 0 spiro atoms. The molecule has 1 saturated carbocycles. The van der Waals surface area contributed by atoms with Crippen LogP contribution in [0.25, 0.3) is 32.8 Å². The zero-order valence-electron chi connectivity index (χ0n) is 25.7. The van der Waals surface area contributed by atoms with Gasteiger partial charge in [0.15, 0.2) is 5.82 Å². The van der Waals surface area contributed by atoms with Crippen molar-refractivity contribution in [3.05, 3.63) is 52.6 Å². The number of nitrogens with one attached hydrogen (secondary N) is 1. The molecule has 4 bridgehead atoms. The van der Waals surface area contributed by atoms with Gasteiger partial charge in [-0.3, -0.25) is 4.90 Å². The quantitative estimate of drug-likeness (QED) is 0.247. The molecule has 242 valence electrons. The summed E-state index contributed by atoms with van der Waals surface area (Å²) < 4.78 is 45.4. The van der Waals surface area contributed by atoms with Gasteiger partial charge in [0.05, 0.1) is 35.5 Å². The topological polar surface area (TPSA) is 83.0 Å². The molecule has 0 amide bonds. The molecule has 4 aromatic rings. The van der Waals surface area contributed by atoms with Crippen LogP contribution >= 0.6 is 11.6 Å². The van der Waals surface area contributed by atoms with Crippen molar-refractivity contribution in [3.8, 4) is 35.2 Å². The summed E-state index contributed by atoms with van der Waals surface area (Å²) in [5, 5.41) is 15.6. The number of halogens is 3. The second kappa shape index (κ2) is 10.9. The van der Waals surface area contributed by atoms with E-state index in [9.17, 15) is 5.11 Å². The second-order valence-electron chi connectivity index (χ2n) is 14.0. The standard InChI is InChI=1S/C36H34ClF2N5O3/c1-2-25-28(37)6-3-19-9-23(45)11-26(30(19)25)31-29(38)12-27-33(32(31)39)41-35(42-34(27)43-13-20-4-5-21(14-43)40-20)47-18-36(7-8-36)17-44-15-24-10-22(44)16-46-24/h1,3,6,9,11-12,20-22,24,40,45H,4-5,7-8,10,13-18H2/t20?,21?,22-,24-/m1/s1. The maximum atomic E-state index is 16.9. The minimum atomic E-state index is -0.879. The highest BCUT2D eigenvalue weighted by Gasteiger charge is 2.49. The van der Waals surface area contributed by atoms with E-state index in [2.05, 4.69) is 26.0 Å². The highest BCUT2D eigenvalue weighted by molar-refractivity contribution is 6.33. The number of phenols is 1. The maximum Gasteiger partial charge on any atom is 0.319 e. The van der Waals surface area contributed by atoms with Gasteiger partial charge < -0.3 is 24.8 Å². The van der Waals surface area contributed by atoms with Crippen molar-refractivity contribution in [1.29, 1.82) is 0 Å². The molecule has 5 heterocycles. The first-order valence-corrected chi connectivity index (χ1v) is 16.8. The fraction of sp³-hybridized carbons (Fsp3) is 0.444. The van der Waals surface area contributed by atoms with Crippen LogP contribution in [0.5, 0.6) is 11.8 Å². The van der Waals surface area contributed by atoms with E-state index in [4.69, 9.17) is 32.5 Å². The minimum Gasteiger partial charge on any atom is -0.508 e. The Morgan fingerprint density at radius 1 is 1.13 bits per heavy atom. The number of hydrogen-bond acceptors (Lipinski definition) is 8. The summed E-state index contributed by atoms with van der Waals surface area (Å²) in [6.45, 7) is 4.40. The summed E-state index contributed by atoms with van der Waals surface area (Å²) in [4.78, 5) is 14.0. The number of piperazine rings is 1. The number of aromatic nitrogens is 2. The van der Waals surface area contributed by atoms with Gasteiger partial charge in [-0.1, -0.05) is 23.6 Å². The van der Waals surface area contributed by atoms with Crippen molar-refractivity contribution in [1.82, 2.24) is 20.2 Å². The van der Waals surface area contributed by atoms with Crippen molar-refractivity contribution < 1.29 is 23.4 Å². The summed E-state index contributed by atoms with van der Waals surface area (Å²) in [6, 6.07) is 8.45. The molecule has 2 N–H and O–H groups in total. The number of anilines is 1. The largest absolute Gasteiger partial charge is 0.508 e. The van der Waals surface area contributed by atoms with Gasteiger partial charge in [-0.25, -0.2) is 8.78 Å². The summed E-state index contributed by atoms with van der Waals surface area (Å²) in [6.07, 6.45) is 11.4. The van der Waals surface area contributed by atoms with Crippen LogP contribution in [0.3, 0.4) is 0 Å². The number of ether oxygens (including phenoxy) is 2. The van der Waals surface area contributed by atoms with Crippen molar-refractivity contribution in [2.24, 2.45) is 5.41 Å². The number of likely N-dealkylation sites (tertiary alicyclic amines) is 1. The second-order valence-corrected chi connectivity index (χ2v) is 14.4. The first-order valence-electron chi connectivity index (χ1n) is 16.4. The number of aromatic hydroxyl groups is 1. The molecule has 9 rings (SSSR count). The van der Waals surface area contributed by atoms with Crippen LogP contribution in [-0.2, 0) is 4.74 Å². The summed E-state index contributed by atoms with van der Waals surface area (Å²) in [5.41, 5.74) is -0.0232. The fourth-order valence-electron chi connectivity index (χ4n) is 8.29. The van der Waals surface area contributed by atoms with Gasteiger partial charge in [0, 0.05) is 66.1 Å². The Morgan fingerprint density at radius 3 is 2.64 bits per heavy atom. The molecular weight excluding hydrogens is 624 g/mol. The van der Waals surface area contributed by atoms with E-state index in [1.165, 1.54) is 18.2 Å². The Hall–Kier alpha value is -3.75. The van der Waals surface area contributed by atoms with Gasteiger partial charge in [-0.05, 0) is 61.8 Å². The fourth-order valence-corrected chi connectivity index (χ4v) is 8.50. The van der Waals surface area contributed by atoms with Gasteiger partial charge >= 0.3 is 6.01 Å². The molecule has 5 aliphatic rings. The van der Waals surface area contributed by atoms with Crippen LogP contribution in [-0.4, -0.2) is 83.6 Å². The lowest BCUT2D eigenvalue weighted by atomic mass is 9.93. The van der Waals surface area contributed by atoms with Crippen LogP contribution in [0.2, 0.25) is 5.02 Å². The van der Waals surface area contributed by atoms with Gasteiger partial charge in [0.25, 0.3) is 0 Å². The Balaban J connectivity index is 1.15. The number of hydrogen-bond donors (Lipinski definition) is 2. The lowest BCUT2D eigenvalue weighted by Crippen LogP contribution is -2.51. The lowest BCUT2D eigenvalue weighted by Gasteiger charge is -2.34. The van der Waals surface area contributed by atoms with Crippen molar-refractivity contribution in [3.63, 3.8) is 0 Å². The van der Waals surface area contributed by atoms with E-state index in [-0.39, 0.29) is 61.9 Å². The van der Waals surface area contributed by atoms with Crippen LogP contribution < -0.4 is 15.0 Å². The molecule has 4 atom stereocenters. The molecule has 47 heavy (non-hydrogen) atoms. The molecule has 2 unspecified atom stereocenters. The molecule has 5 fully saturated rings. The van der Waals surface area contributed by atoms with Crippen molar-refractivity contribution >= 4 is 39.1 Å². The number of morpholine rings is 1. The number of benzene rings is 3. The molecule has 4 saturated heterocycles. The number of terminal acetylenes is 1. The third kappa shape index (κ3) is 4.98. The monoisotopic (exact) mass is 657 g/mol. The van der Waals surface area contributed by atoms with E-state index in [0.29, 0.717) is 48.4 Å². The van der Waals surface area contributed by atoms with Crippen LogP contribution in [0.4, 0.5) is 14.6 Å². The number of rotatable bonds is 7. The predicted octanol–water partition coefficient (Wildman–Crippen LogP) is 5.64. The Bertz CT molecular complexity index is 1990. The first kappa shape index (κ1) is 29.4. The molecular formula is C36H34ClF2N5O3. The van der Waals surface area contributed by atoms with Crippen molar-refractivity contribution in [2.45, 2.75) is 56.3 Å². The van der Waals surface area contributed by atoms with E-state index < -0.39 is 11.6 Å². The van der Waals surface area contributed by atoms with E-state index in [1.54, 1.807) is 12.1 Å². The summed E-state index contributed by atoms with van der Waals surface area (Å²) >= 11 is 6.43. The third-order valence-corrected chi connectivity index (χ3v) is 11.2. The Morgan fingerprint density at radius 2 is 1.94 bits per heavy atom. The van der Waals surface area contributed by atoms with Gasteiger partial charge in [-0.15, -0.1) is 6.42 Å². The number of nitrogens with zero attached hydrogens (tertiary/aromatic N) is 4. The predicted molar refractivity (Wildman–Crippen MR) is 176 cm³/mol. The Kier molecular flexibility index (Phi) is 6.81. The summed E-state index contributed by atoms with van der Waals surface area (Å²) in [7, 11) is 0. The van der Waals surface area contributed by atoms with Gasteiger partial charge in [0.1, 0.15) is 22.9 Å². The van der Waals surface area contributed by atoms with E-state index in [0.717, 1.165) is 51.8 Å². The van der Waals surface area contributed by atoms with Gasteiger partial charge in [0.2, 0.25) is 0 Å². The highest BCUT2D eigenvalue weighted by Crippen LogP contribution is 2.48. The maximum absolute atomic E-state index is 16.9. The van der Waals surface area contributed by atoms with Gasteiger partial charge in [-0.2, -0.15) is 9.97 Å². The zero-order chi connectivity index (χ0) is 32.0. The van der Waals surface area contributed by atoms with Crippen LogP contribution in [0.15, 0.2) is 30.3 Å². The molecule has 4 aliphatic heterocycles. The third-order valence-electron chi connectivity index (χ3n) is 10.8. The van der Waals surface area contributed by atoms with E-state index >= 15 is 8.78 Å².